The molecule has 0 heterocycles. The van der Waals surface area contributed by atoms with Gasteiger partial charge in [0.15, 0.2) is 0 Å². The molecular weight excluding hydrogens is 272 g/mol. The van der Waals surface area contributed by atoms with Gasteiger partial charge in [-0.15, -0.1) is 0 Å². The first kappa shape index (κ1) is 15.2. The smallest absolute Gasteiger partial charge is 0.273 e. The quantitative estimate of drug-likeness (QED) is 0.501. The van der Waals surface area contributed by atoms with E-state index in [0.717, 1.165) is 18.2 Å². The van der Waals surface area contributed by atoms with E-state index < -0.39 is 26.1 Å². The third kappa shape index (κ3) is 4.74. The predicted molar refractivity (Wildman–Crippen MR) is 71.6 cm³/mol. The highest BCUT2D eigenvalue weighted by Gasteiger charge is 2.23. The summed E-state index contributed by atoms with van der Waals surface area (Å²) < 4.78 is 25.9. The Morgan fingerprint density at radius 2 is 1.95 bits per heavy atom. The summed E-state index contributed by atoms with van der Waals surface area (Å²) >= 11 is 0. The number of nitro benzene ring substituents is 1. The monoisotopic (exact) mass is 288 g/mol. The van der Waals surface area contributed by atoms with E-state index in [2.05, 4.69) is 4.72 Å². The van der Waals surface area contributed by atoms with Crippen LogP contribution >= 0.6 is 0 Å². The van der Waals surface area contributed by atoms with Crippen LogP contribution in [0.2, 0.25) is 0 Å². The SMILES string of the molecule is CC(C)(C)CS(=O)(=O)Nc1ccc([N+](=O)[O-])cc1O. The molecule has 0 aromatic heterocycles. The number of benzene rings is 1. The number of hydrogen-bond donors (Lipinski definition) is 2. The summed E-state index contributed by atoms with van der Waals surface area (Å²) in [5.41, 5.74) is -0.825. The molecule has 0 saturated heterocycles. The van der Waals surface area contributed by atoms with E-state index in [1.165, 1.54) is 0 Å². The van der Waals surface area contributed by atoms with Crippen molar-refractivity contribution in [3.05, 3.63) is 28.3 Å². The second-order valence-electron chi connectivity index (χ2n) is 5.38. The van der Waals surface area contributed by atoms with E-state index >= 15 is 0 Å². The first-order chi connectivity index (χ1) is 8.50. The largest absolute Gasteiger partial charge is 0.505 e. The number of phenols is 1. The zero-order valence-electron chi connectivity index (χ0n) is 10.9. The Kier molecular flexibility index (Phi) is 4.04. The fourth-order valence-electron chi connectivity index (χ4n) is 1.49. The van der Waals surface area contributed by atoms with Crippen LogP contribution in [0.3, 0.4) is 0 Å². The second kappa shape index (κ2) is 5.04. The van der Waals surface area contributed by atoms with Gasteiger partial charge in [0.25, 0.3) is 5.69 Å². The van der Waals surface area contributed by atoms with Gasteiger partial charge in [-0.05, 0) is 11.5 Å². The van der Waals surface area contributed by atoms with Crippen molar-refractivity contribution in [3.63, 3.8) is 0 Å². The molecule has 19 heavy (non-hydrogen) atoms. The Balaban J connectivity index is 2.98. The molecule has 0 aliphatic heterocycles. The van der Waals surface area contributed by atoms with Crippen LogP contribution in [0.25, 0.3) is 0 Å². The maximum Gasteiger partial charge on any atom is 0.273 e. The minimum absolute atomic E-state index is 0.0742. The Labute approximate surface area is 111 Å². The van der Waals surface area contributed by atoms with Crippen LogP contribution in [0.1, 0.15) is 20.8 Å². The summed E-state index contributed by atoms with van der Waals surface area (Å²) in [6.07, 6.45) is 0. The van der Waals surface area contributed by atoms with E-state index in [0.29, 0.717) is 0 Å². The summed E-state index contributed by atoms with van der Waals surface area (Å²) in [6, 6.07) is 3.18. The van der Waals surface area contributed by atoms with Crippen molar-refractivity contribution in [1.29, 1.82) is 0 Å². The highest BCUT2D eigenvalue weighted by molar-refractivity contribution is 7.92. The van der Waals surface area contributed by atoms with Crippen LogP contribution in [-0.4, -0.2) is 24.2 Å². The Morgan fingerprint density at radius 1 is 1.37 bits per heavy atom. The lowest BCUT2D eigenvalue weighted by atomic mass is 10.0. The van der Waals surface area contributed by atoms with Crippen molar-refractivity contribution in [2.75, 3.05) is 10.5 Å². The summed E-state index contributed by atoms with van der Waals surface area (Å²) in [6.45, 7) is 5.30. The molecule has 0 aliphatic rings. The van der Waals surface area contributed by atoms with Gasteiger partial charge in [-0.3, -0.25) is 14.8 Å². The molecule has 2 N–H and O–H groups in total. The van der Waals surface area contributed by atoms with Crippen LogP contribution < -0.4 is 4.72 Å². The molecule has 0 spiro atoms. The molecule has 0 bridgehead atoms. The topological polar surface area (TPSA) is 110 Å². The van der Waals surface area contributed by atoms with Gasteiger partial charge < -0.3 is 5.11 Å². The van der Waals surface area contributed by atoms with Gasteiger partial charge in [0, 0.05) is 6.07 Å². The van der Waals surface area contributed by atoms with Gasteiger partial charge in [-0.25, -0.2) is 8.42 Å². The molecule has 106 valence electrons. The molecule has 0 atom stereocenters. The van der Waals surface area contributed by atoms with Crippen LogP contribution in [0.4, 0.5) is 11.4 Å². The van der Waals surface area contributed by atoms with Crippen molar-refractivity contribution in [3.8, 4) is 5.75 Å². The first-order valence-electron chi connectivity index (χ1n) is 5.48. The van der Waals surface area contributed by atoms with Gasteiger partial charge in [-0.1, -0.05) is 20.8 Å². The van der Waals surface area contributed by atoms with E-state index in [9.17, 15) is 23.6 Å². The highest BCUT2D eigenvalue weighted by Crippen LogP contribution is 2.29. The molecule has 1 aromatic rings. The summed E-state index contributed by atoms with van der Waals surface area (Å²) in [5.74, 6) is -0.608. The Bertz CT molecular complexity index is 590. The second-order valence-corrected chi connectivity index (χ2v) is 7.10. The van der Waals surface area contributed by atoms with E-state index in [-0.39, 0.29) is 17.1 Å². The van der Waals surface area contributed by atoms with E-state index in [1.807, 2.05) is 0 Å². The molecule has 0 unspecified atom stereocenters. The molecule has 0 radical (unpaired) electrons. The summed E-state index contributed by atoms with van der Waals surface area (Å²) in [5, 5.41) is 20.1. The number of rotatable bonds is 4. The highest BCUT2D eigenvalue weighted by atomic mass is 32.2. The third-order valence-electron chi connectivity index (χ3n) is 2.08. The van der Waals surface area contributed by atoms with Crippen molar-refractivity contribution < 1.29 is 18.4 Å². The predicted octanol–water partition coefficient (Wildman–Crippen LogP) is 2.09. The van der Waals surface area contributed by atoms with Crippen molar-refractivity contribution in [2.45, 2.75) is 20.8 Å². The number of aromatic hydroxyl groups is 1. The zero-order valence-corrected chi connectivity index (χ0v) is 11.7. The van der Waals surface area contributed by atoms with Crippen molar-refractivity contribution in [2.24, 2.45) is 5.41 Å². The first-order valence-corrected chi connectivity index (χ1v) is 7.13. The maximum absolute atomic E-state index is 11.8. The van der Waals surface area contributed by atoms with Gasteiger partial charge in [0.05, 0.1) is 22.4 Å². The van der Waals surface area contributed by atoms with Gasteiger partial charge in [-0.2, -0.15) is 0 Å². The number of phenolic OH excluding ortho intramolecular Hbond substituents is 1. The molecule has 8 heteroatoms. The summed E-state index contributed by atoms with van der Waals surface area (Å²) in [7, 11) is -3.63. The fourth-order valence-corrected chi connectivity index (χ4v) is 3.21. The minimum atomic E-state index is -3.63. The van der Waals surface area contributed by atoms with E-state index in [1.54, 1.807) is 20.8 Å². The van der Waals surface area contributed by atoms with Crippen LogP contribution in [0, 0.1) is 15.5 Å². The number of sulfonamides is 1. The molecule has 1 aromatic carbocycles. The molecule has 0 amide bonds. The molecule has 0 aliphatic carbocycles. The summed E-state index contributed by atoms with van der Waals surface area (Å²) in [4.78, 5) is 9.82. The average Bonchev–Trinajstić information content (AvgIpc) is 2.16. The zero-order chi connectivity index (χ0) is 14.8. The van der Waals surface area contributed by atoms with Gasteiger partial charge in [0.2, 0.25) is 10.0 Å². The van der Waals surface area contributed by atoms with Gasteiger partial charge in [0.1, 0.15) is 5.75 Å². The van der Waals surface area contributed by atoms with Crippen LogP contribution in [0.5, 0.6) is 5.75 Å². The number of nitrogens with zero attached hydrogens (tertiary/aromatic N) is 1. The molecule has 0 fully saturated rings. The molecule has 0 saturated carbocycles. The average molecular weight is 288 g/mol. The minimum Gasteiger partial charge on any atom is -0.505 e. The number of nitro groups is 1. The lowest BCUT2D eigenvalue weighted by Crippen LogP contribution is -2.26. The molecule has 1 rings (SSSR count). The van der Waals surface area contributed by atoms with Crippen molar-refractivity contribution >= 4 is 21.4 Å². The van der Waals surface area contributed by atoms with Crippen molar-refractivity contribution in [1.82, 2.24) is 0 Å². The normalized spacial score (nSPS) is 12.2. The third-order valence-corrected chi connectivity index (χ3v) is 3.86. The number of non-ortho nitro benzene ring substituents is 1. The van der Waals surface area contributed by atoms with Gasteiger partial charge >= 0.3 is 0 Å². The van der Waals surface area contributed by atoms with E-state index in [4.69, 9.17) is 0 Å². The maximum atomic E-state index is 11.8. The number of nitrogens with one attached hydrogen (secondary N) is 1. The number of anilines is 1. The standard InChI is InChI=1S/C11H16N2O5S/c1-11(2,3)7-19(17,18)12-9-5-4-8(13(15)16)6-10(9)14/h4-6,12,14H,7H2,1-3H3. The lowest BCUT2D eigenvalue weighted by molar-refractivity contribution is -0.384. The fraction of sp³-hybridized carbons (Fsp3) is 0.455. The molecular formula is C11H16N2O5S. The Morgan fingerprint density at radius 3 is 2.37 bits per heavy atom. The van der Waals surface area contributed by atoms with Crippen LogP contribution in [0.15, 0.2) is 18.2 Å². The lowest BCUT2D eigenvalue weighted by Gasteiger charge is -2.19. The Hall–Kier alpha value is -1.83. The molecule has 7 nitrogen and oxygen atoms in total. The van der Waals surface area contributed by atoms with Crippen LogP contribution in [-0.2, 0) is 10.0 Å². The number of hydrogen-bond acceptors (Lipinski definition) is 5.